The zero-order valence-corrected chi connectivity index (χ0v) is 11.5. The van der Waals surface area contributed by atoms with E-state index in [1.807, 2.05) is 12.1 Å². The first-order valence-corrected chi connectivity index (χ1v) is 7.17. The van der Waals surface area contributed by atoms with E-state index in [-0.39, 0.29) is 6.04 Å². The zero-order chi connectivity index (χ0) is 13.2. The Hall–Kier alpha value is -1.26. The molecule has 19 heavy (non-hydrogen) atoms. The molecule has 4 heteroatoms. The number of nitrogens with zero attached hydrogens (tertiary/aromatic N) is 1. The smallest absolute Gasteiger partial charge is 0.231 e. The van der Waals surface area contributed by atoms with E-state index in [1.54, 1.807) is 0 Å². The molecule has 1 unspecified atom stereocenters. The van der Waals surface area contributed by atoms with Crippen LogP contribution in [0.1, 0.15) is 37.8 Å². The summed E-state index contributed by atoms with van der Waals surface area (Å²) < 4.78 is 10.7. The summed E-state index contributed by atoms with van der Waals surface area (Å²) in [6.07, 6.45) is 3.84. The first kappa shape index (κ1) is 12.8. The first-order valence-electron chi connectivity index (χ1n) is 7.17. The molecule has 0 aromatic heterocycles. The Morgan fingerprint density at radius 3 is 2.84 bits per heavy atom. The van der Waals surface area contributed by atoms with Crippen LogP contribution < -0.4 is 15.2 Å². The molecule has 0 saturated heterocycles. The van der Waals surface area contributed by atoms with Gasteiger partial charge < -0.3 is 15.2 Å². The van der Waals surface area contributed by atoms with Crippen LogP contribution in [0.3, 0.4) is 0 Å². The maximum absolute atomic E-state index is 6.35. The second-order valence-electron chi connectivity index (χ2n) is 5.45. The van der Waals surface area contributed by atoms with E-state index >= 15 is 0 Å². The highest BCUT2D eigenvalue weighted by molar-refractivity contribution is 5.45. The van der Waals surface area contributed by atoms with Crippen molar-refractivity contribution in [2.75, 3.05) is 19.9 Å². The van der Waals surface area contributed by atoms with Crippen LogP contribution in [0.2, 0.25) is 0 Å². The summed E-state index contributed by atoms with van der Waals surface area (Å²) in [5.74, 6) is 1.64. The van der Waals surface area contributed by atoms with Crippen molar-refractivity contribution in [1.29, 1.82) is 0 Å². The largest absolute Gasteiger partial charge is 0.454 e. The van der Waals surface area contributed by atoms with Gasteiger partial charge in [0.05, 0.1) is 0 Å². The summed E-state index contributed by atoms with van der Waals surface area (Å²) in [6.45, 7) is 4.61. The van der Waals surface area contributed by atoms with Crippen molar-refractivity contribution in [3.05, 3.63) is 23.8 Å². The lowest BCUT2D eigenvalue weighted by molar-refractivity contribution is 0.174. The van der Waals surface area contributed by atoms with Crippen LogP contribution in [-0.2, 0) is 0 Å². The number of nitrogens with two attached hydrogens (primary N) is 1. The van der Waals surface area contributed by atoms with Gasteiger partial charge in [-0.25, -0.2) is 0 Å². The molecule has 0 bridgehead atoms. The summed E-state index contributed by atoms with van der Waals surface area (Å²) in [5, 5.41) is 0. The molecule has 1 heterocycles. The molecule has 3 rings (SSSR count). The second-order valence-corrected chi connectivity index (χ2v) is 5.45. The van der Waals surface area contributed by atoms with Crippen molar-refractivity contribution in [2.45, 2.75) is 38.3 Å². The van der Waals surface area contributed by atoms with Crippen molar-refractivity contribution in [2.24, 2.45) is 5.73 Å². The van der Waals surface area contributed by atoms with Crippen LogP contribution in [-0.4, -0.2) is 30.8 Å². The Balaban J connectivity index is 1.67. The number of fused-ring (bicyclic) bond motifs is 1. The highest BCUT2D eigenvalue weighted by Gasteiger charge is 2.29. The van der Waals surface area contributed by atoms with E-state index in [1.165, 1.54) is 19.3 Å². The van der Waals surface area contributed by atoms with Gasteiger partial charge >= 0.3 is 0 Å². The van der Waals surface area contributed by atoms with E-state index < -0.39 is 0 Å². The molecule has 104 valence electrons. The fourth-order valence-corrected chi connectivity index (χ4v) is 2.65. The number of hydrogen-bond donors (Lipinski definition) is 1. The summed E-state index contributed by atoms with van der Waals surface area (Å²) in [6, 6.07) is 6.83. The van der Waals surface area contributed by atoms with E-state index in [0.29, 0.717) is 6.79 Å². The topological polar surface area (TPSA) is 47.7 Å². The van der Waals surface area contributed by atoms with Crippen molar-refractivity contribution in [3.63, 3.8) is 0 Å². The molecule has 1 aromatic carbocycles. The molecule has 1 aliphatic carbocycles. The van der Waals surface area contributed by atoms with Crippen LogP contribution in [0.4, 0.5) is 0 Å². The average Bonchev–Trinajstić information content (AvgIpc) is 3.15. The number of ether oxygens (including phenoxy) is 2. The van der Waals surface area contributed by atoms with Gasteiger partial charge in [-0.05, 0) is 43.5 Å². The maximum Gasteiger partial charge on any atom is 0.231 e. The SMILES string of the molecule is CCCN(CC(N)c1ccc2c(c1)OCO2)C1CC1. The highest BCUT2D eigenvalue weighted by atomic mass is 16.7. The molecule has 0 radical (unpaired) electrons. The minimum atomic E-state index is 0.0432. The summed E-state index contributed by atoms with van der Waals surface area (Å²) in [5.41, 5.74) is 7.48. The Bertz CT molecular complexity index is 446. The molecule has 1 fully saturated rings. The van der Waals surface area contributed by atoms with Gasteiger partial charge in [-0.2, -0.15) is 0 Å². The fourth-order valence-electron chi connectivity index (χ4n) is 2.65. The molecule has 0 amide bonds. The standard InChI is InChI=1S/C15H22N2O2/c1-2-7-17(12-4-5-12)9-13(16)11-3-6-14-15(8-11)19-10-18-14/h3,6,8,12-13H,2,4-5,7,9-10,16H2,1H3. The number of benzene rings is 1. The van der Waals surface area contributed by atoms with Gasteiger partial charge in [0.15, 0.2) is 11.5 Å². The van der Waals surface area contributed by atoms with E-state index in [0.717, 1.165) is 36.2 Å². The number of rotatable bonds is 6. The lowest BCUT2D eigenvalue weighted by atomic mass is 10.1. The van der Waals surface area contributed by atoms with Gasteiger partial charge in [0.1, 0.15) is 0 Å². The molecule has 1 aliphatic heterocycles. The molecule has 2 N–H and O–H groups in total. The predicted octanol–water partition coefficient (Wildman–Crippen LogP) is 2.29. The van der Waals surface area contributed by atoms with Gasteiger partial charge in [0, 0.05) is 18.6 Å². The van der Waals surface area contributed by atoms with E-state index in [9.17, 15) is 0 Å². The van der Waals surface area contributed by atoms with Gasteiger partial charge in [-0.1, -0.05) is 13.0 Å². The summed E-state index contributed by atoms with van der Waals surface area (Å²) in [4.78, 5) is 2.52. The lowest BCUT2D eigenvalue weighted by Gasteiger charge is -2.25. The van der Waals surface area contributed by atoms with Crippen LogP contribution in [0, 0.1) is 0 Å². The third kappa shape index (κ3) is 2.85. The van der Waals surface area contributed by atoms with Crippen molar-refractivity contribution in [1.82, 2.24) is 4.90 Å². The monoisotopic (exact) mass is 262 g/mol. The van der Waals surface area contributed by atoms with Gasteiger partial charge in [0.25, 0.3) is 0 Å². The first-order chi connectivity index (χ1) is 9.28. The van der Waals surface area contributed by atoms with Gasteiger partial charge in [-0.15, -0.1) is 0 Å². The van der Waals surface area contributed by atoms with Crippen LogP contribution in [0.25, 0.3) is 0 Å². The molecule has 2 aliphatic rings. The summed E-state index contributed by atoms with van der Waals surface area (Å²) in [7, 11) is 0. The van der Waals surface area contributed by atoms with Crippen LogP contribution in [0.5, 0.6) is 11.5 Å². The minimum Gasteiger partial charge on any atom is -0.454 e. The van der Waals surface area contributed by atoms with Gasteiger partial charge in [-0.3, -0.25) is 4.90 Å². The maximum atomic E-state index is 6.35. The summed E-state index contributed by atoms with van der Waals surface area (Å²) >= 11 is 0. The predicted molar refractivity (Wildman–Crippen MR) is 74.4 cm³/mol. The molecular weight excluding hydrogens is 240 g/mol. The zero-order valence-electron chi connectivity index (χ0n) is 11.5. The Morgan fingerprint density at radius 2 is 2.11 bits per heavy atom. The molecule has 1 saturated carbocycles. The quantitative estimate of drug-likeness (QED) is 0.854. The third-order valence-electron chi connectivity index (χ3n) is 3.83. The lowest BCUT2D eigenvalue weighted by Crippen LogP contribution is -2.34. The molecule has 1 atom stereocenters. The average molecular weight is 262 g/mol. The van der Waals surface area contributed by atoms with Crippen LogP contribution >= 0.6 is 0 Å². The van der Waals surface area contributed by atoms with Crippen molar-refractivity contribution in [3.8, 4) is 11.5 Å². The van der Waals surface area contributed by atoms with Crippen molar-refractivity contribution < 1.29 is 9.47 Å². The van der Waals surface area contributed by atoms with Crippen molar-refractivity contribution >= 4 is 0 Å². The highest BCUT2D eigenvalue weighted by Crippen LogP contribution is 2.34. The second kappa shape index (κ2) is 5.39. The Kier molecular flexibility index (Phi) is 3.62. The van der Waals surface area contributed by atoms with Gasteiger partial charge in [0.2, 0.25) is 6.79 Å². The van der Waals surface area contributed by atoms with E-state index in [4.69, 9.17) is 15.2 Å². The third-order valence-corrected chi connectivity index (χ3v) is 3.83. The number of hydrogen-bond acceptors (Lipinski definition) is 4. The Morgan fingerprint density at radius 1 is 1.32 bits per heavy atom. The molecule has 0 spiro atoms. The Labute approximate surface area is 114 Å². The van der Waals surface area contributed by atoms with Crippen LogP contribution in [0.15, 0.2) is 18.2 Å². The van der Waals surface area contributed by atoms with E-state index in [2.05, 4.69) is 17.9 Å². The molecular formula is C15H22N2O2. The fraction of sp³-hybridized carbons (Fsp3) is 0.600. The minimum absolute atomic E-state index is 0.0432. The molecule has 1 aromatic rings. The normalized spacial score (nSPS) is 18.9. The molecule has 4 nitrogen and oxygen atoms in total.